The van der Waals surface area contributed by atoms with Crippen LogP contribution in [0.2, 0.25) is 5.02 Å². The third-order valence-corrected chi connectivity index (χ3v) is 3.35. The molecule has 0 unspecified atom stereocenters. The lowest BCUT2D eigenvalue weighted by molar-refractivity contribution is 1.02. The first kappa shape index (κ1) is 13.8. The van der Waals surface area contributed by atoms with Gasteiger partial charge in [-0.3, -0.25) is 0 Å². The van der Waals surface area contributed by atoms with Crippen molar-refractivity contribution in [2.75, 3.05) is 11.4 Å². The molecule has 0 bridgehead atoms. The lowest BCUT2D eigenvalue weighted by Gasteiger charge is -2.25. The zero-order chi connectivity index (χ0) is 13.8. The van der Waals surface area contributed by atoms with Crippen molar-refractivity contribution in [1.82, 2.24) is 0 Å². The van der Waals surface area contributed by atoms with Gasteiger partial charge in [-0.05, 0) is 37.3 Å². The highest BCUT2D eigenvalue weighted by atomic mass is 35.5. The predicted octanol–water partition coefficient (Wildman–Crippen LogP) is 4.13. The van der Waals surface area contributed by atoms with Crippen molar-refractivity contribution < 1.29 is 0 Å². The number of halogens is 1. The molecule has 0 atom stereocenters. The first-order valence-electron chi connectivity index (χ1n) is 6.05. The van der Waals surface area contributed by atoms with E-state index >= 15 is 0 Å². The average Bonchev–Trinajstić information content (AvgIpc) is 2.42. The van der Waals surface area contributed by atoms with E-state index in [-0.39, 0.29) is 0 Å². The number of rotatable bonds is 4. The molecule has 0 aliphatic rings. The molecule has 2 N–H and O–H groups in total. The van der Waals surface area contributed by atoms with Crippen molar-refractivity contribution in [1.29, 1.82) is 0 Å². The number of hydrogen-bond donors (Lipinski definition) is 1. The Labute approximate surface area is 123 Å². The van der Waals surface area contributed by atoms with Crippen LogP contribution in [0.25, 0.3) is 0 Å². The summed E-state index contributed by atoms with van der Waals surface area (Å²) in [6, 6.07) is 15.7. The number of nitrogens with two attached hydrogens (primary N) is 1. The maximum absolute atomic E-state index is 6.02. The maximum Gasteiger partial charge on any atom is 0.106 e. The van der Waals surface area contributed by atoms with Gasteiger partial charge in [0.2, 0.25) is 0 Å². The first-order chi connectivity index (χ1) is 9.13. The molecule has 0 aromatic heterocycles. The largest absolute Gasteiger partial charge is 0.389 e. The molecule has 0 aliphatic heterocycles. The van der Waals surface area contributed by atoms with Crippen LogP contribution in [0.4, 0.5) is 11.4 Å². The summed E-state index contributed by atoms with van der Waals surface area (Å²) in [5, 5.41) is 0.635. The van der Waals surface area contributed by atoms with Crippen LogP contribution in [0.3, 0.4) is 0 Å². The SMILES string of the molecule is CCN(c1ccccc1)c1ccc(Cl)cc1C(N)=S. The minimum absolute atomic E-state index is 0.354. The number of benzene rings is 2. The Morgan fingerprint density at radius 2 is 1.89 bits per heavy atom. The van der Waals surface area contributed by atoms with Crippen molar-refractivity contribution >= 4 is 40.2 Å². The van der Waals surface area contributed by atoms with E-state index in [1.165, 1.54) is 0 Å². The Balaban J connectivity index is 2.53. The highest BCUT2D eigenvalue weighted by molar-refractivity contribution is 7.80. The van der Waals surface area contributed by atoms with Crippen LogP contribution in [0.5, 0.6) is 0 Å². The van der Waals surface area contributed by atoms with Crippen LogP contribution in [0, 0.1) is 0 Å². The minimum Gasteiger partial charge on any atom is -0.389 e. The van der Waals surface area contributed by atoms with E-state index in [1.54, 1.807) is 0 Å². The van der Waals surface area contributed by atoms with Gasteiger partial charge in [0.15, 0.2) is 0 Å². The van der Waals surface area contributed by atoms with Gasteiger partial charge >= 0.3 is 0 Å². The highest BCUT2D eigenvalue weighted by Crippen LogP contribution is 2.30. The van der Waals surface area contributed by atoms with Crippen molar-refractivity contribution in [3.63, 3.8) is 0 Å². The number of hydrogen-bond acceptors (Lipinski definition) is 2. The normalized spacial score (nSPS) is 10.2. The Kier molecular flexibility index (Phi) is 4.40. The second kappa shape index (κ2) is 6.04. The van der Waals surface area contributed by atoms with Crippen molar-refractivity contribution in [3.8, 4) is 0 Å². The zero-order valence-corrected chi connectivity index (χ0v) is 12.2. The van der Waals surface area contributed by atoms with Gasteiger partial charge in [0.1, 0.15) is 4.99 Å². The molecule has 0 heterocycles. The molecule has 0 radical (unpaired) electrons. The summed E-state index contributed by atoms with van der Waals surface area (Å²) in [5.74, 6) is 0. The van der Waals surface area contributed by atoms with E-state index in [2.05, 4.69) is 24.0 Å². The molecule has 0 fully saturated rings. The first-order valence-corrected chi connectivity index (χ1v) is 6.84. The van der Waals surface area contributed by atoms with Gasteiger partial charge in [-0.25, -0.2) is 0 Å². The molecular weight excluding hydrogens is 276 g/mol. The summed E-state index contributed by atoms with van der Waals surface area (Å²) in [7, 11) is 0. The van der Waals surface area contributed by atoms with E-state index < -0.39 is 0 Å². The summed E-state index contributed by atoms with van der Waals surface area (Å²) >= 11 is 11.1. The molecular formula is C15H15ClN2S. The molecule has 0 aliphatic carbocycles. The summed E-state index contributed by atoms with van der Waals surface area (Å²) < 4.78 is 0. The van der Waals surface area contributed by atoms with Crippen LogP contribution in [-0.4, -0.2) is 11.5 Å². The minimum atomic E-state index is 0.354. The molecule has 98 valence electrons. The van der Waals surface area contributed by atoms with Gasteiger partial charge in [0.25, 0.3) is 0 Å². The zero-order valence-electron chi connectivity index (χ0n) is 10.6. The predicted molar refractivity (Wildman–Crippen MR) is 86.5 cm³/mol. The fourth-order valence-corrected chi connectivity index (χ4v) is 2.38. The van der Waals surface area contributed by atoms with Gasteiger partial charge in [0.05, 0.1) is 5.69 Å². The van der Waals surface area contributed by atoms with E-state index in [0.29, 0.717) is 10.0 Å². The number of para-hydroxylation sites is 1. The fraction of sp³-hybridized carbons (Fsp3) is 0.133. The van der Waals surface area contributed by atoms with Crippen LogP contribution in [0.1, 0.15) is 12.5 Å². The molecule has 4 heteroatoms. The Bertz CT molecular complexity index is 584. The molecule has 2 aromatic rings. The molecule has 2 aromatic carbocycles. The summed E-state index contributed by atoms with van der Waals surface area (Å²) in [4.78, 5) is 2.51. The standard InChI is InChI=1S/C15H15ClN2S/c1-2-18(12-6-4-3-5-7-12)14-9-8-11(16)10-13(14)15(17)19/h3-10H,2H2,1H3,(H2,17,19). The van der Waals surface area contributed by atoms with Gasteiger partial charge in [-0.2, -0.15) is 0 Å². The molecule has 0 spiro atoms. The molecule has 0 saturated heterocycles. The highest BCUT2D eigenvalue weighted by Gasteiger charge is 2.13. The van der Waals surface area contributed by atoms with Crippen molar-refractivity contribution in [3.05, 3.63) is 59.1 Å². The van der Waals surface area contributed by atoms with E-state index in [0.717, 1.165) is 23.5 Å². The van der Waals surface area contributed by atoms with Gasteiger partial charge in [-0.1, -0.05) is 42.0 Å². The van der Waals surface area contributed by atoms with E-state index in [4.69, 9.17) is 29.6 Å². The van der Waals surface area contributed by atoms with Crippen molar-refractivity contribution in [2.24, 2.45) is 5.73 Å². The van der Waals surface area contributed by atoms with Crippen LogP contribution >= 0.6 is 23.8 Å². The van der Waals surface area contributed by atoms with Gasteiger partial charge in [-0.15, -0.1) is 0 Å². The molecule has 19 heavy (non-hydrogen) atoms. The quantitative estimate of drug-likeness (QED) is 0.859. The van der Waals surface area contributed by atoms with Gasteiger partial charge < -0.3 is 10.6 Å². The molecule has 2 nitrogen and oxygen atoms in total. The lowest BCUT2D eigenvalue weighted by atomic mass is 10.1. The van der Waals surface area contributed by atoms with E-state index in [1.807, 2.05) is 36.4 Å². The second-order valence-corrected chi connectivity index (χ2v) is 4.98. The summed E-state index contributed by atoms with van der Waals surface area (Å²) in [6.45, 7) is 2.91. The van der Waals surface area contributed by atoms with Crippen LogP contribution in [-0.2, 0) is 0 Å². The lowest BCUT2D eigenvalue weighted by Crippen LogP contribution is -2.21. The number of thiocarbonyl (C=S) groups is 1. The van der Waals surface area contributed by atoms with Crippen molar-refractivity contribution in [2.45, 2.75) is 6.92 Å². The topological polar surface area (TPSA) is 29.3 Å². The third-order valence-electron chi connectivity index (χ3n) is 2.90. The van der Waals surface area contributed by atoms with E-state index in [9.17, 15) is 0 Å². The smallest absolute Gasteiger partial charge is 0.106 e. The molecule has 2 rings (SSSR count). The summed E-state index contributed by atoms with van der Waals surface area (Å²) in [5.41, 5.74) is 8.68. The molecule has 0 amide bonds. The monoisotopic (exact) mass is 290 g/mol. The maximum atomic E-state index is 6.02. The Hall–Kier alpha value is -1.58. The Morgan fingerprint density at radius 1 is 1.21 bits per heavy atom. The average molecular weight is 291 g/mol. The second-order valence-electron chi connectivity index (χ2n) is 4.11. The van der Waals surface area contributed by atoms with Crippen LogP contribution < -0.4 is 10.6 Å². The summed E-state index contributed by atoms with van der Waals surface area (Å²) in [6.07, 6.45) is 0. The number of nitrogens with zero attached hydrogens (tertiary/aromatic N) is 1. The van der Waals surface area contributed by atoms with Gasteiger partial charge in [0, 0.05) is 22.8 Å². The fourth-order valence-electron chi connectivity index (χ4n) is 2.04. The Morgan fingerprint density at radius 3 is 2.47 bits per heavy atom. The third kappa shape index (κ3) is 3.06. The molecule has 0 saturated carbocycles. The van der Waals surface area contributed by atoms with Crippen LogP contribution in [0.15, 0.2) is 48.5 Å². The number of anilines is 2.